The van der Waals surface area contributed by atoms with Crippen LogP contribution >= 0.6 is 0 Å². The van der Waals surface area contributed by atoms with E-state index in [1.54, 1.807) is 18.6 Å². The molecule has 5 heteroatoms. The Hall–Kier alpha value is -1.88. The van der Waals surface area contributed by atoms with Crippen LogP contribution in [-0.2, 0) is 13.2 Å². The van der Waals surface area contributed by atoms with Gasteiger partial charge in [0.15, 0.2) is 0 Å². The molecule has 0 fully saturated rings. The van der Waals surface area contributed by atoms with Gasteiger partial charge in [-0.15, -0.1) is 0 Å². The summed E-state index contributed by atoms with van der Waals surface area (Å²) in [4.78, 5) is 4.11. The maximum atomic E-state index is 13.3. The van der Waals surface area contributed by atoms with Crippen LogP contribution in [0.1, 0.15) is 37.6 Å². The number of halogens is 1. The molecule has 0 aliphatic heterocycles. The monoisotopic (exact) mass is 277 g/mol. The van der Waals surface area contributed by atoms with Crippen molar-refractivity contribution < 1.29 is 9.13 Å². The number of rotatable bonds is 6. The van der Waals surface area contributed by atoms with Crippen LogP contribution in [0.25, 0.3) is 0 Å². The van der Waals surface area contributed by atoms with Crippen molar-refractivity contribution in [2.75, 3.05) is 0 Å². The first-order chi connectivity index (χ1) is 9.61. The van der Waals surface area contributed by atoms with Crippen molar-refractivity contribution in [1.29, 1.82) is 0 Å². The molecule has 1 aromatic heterocycles. The van der Waals surface area contributed by atoms with Gasteiger partial charge in [-0.25, -0.2) is 9.37 Å². The Morgan fingerprint density at radius 2 is 2.25 bits per heavy atom. The van der Waals surface area contributed by atoms with E-state index in [0.717, 1.165) is 24.2 Å². The molecule has 2 rings (SSSR count). The Bertz CT molecular complexity index is 566. The lowest BCUT2D eigenvalue weighted by atomic mass is 10.1. The maximum absolute atomic E-state index is 13.3. The SMILES string of the molecule is CCCn1cncc1COc1cc(F)ccc1C(C)N. The lowest BCUT2D eigenvalue weighted by Crippen LogP contribution is -2.10. The van der Waals surface area contributed by atoms with E-state index in [9.17, 15) is 4.39 Å². The molecular weight excluding hydrogens is 257 g/mol. The van der Waals surface area contributed by atoms with Crippen molar-refractivity contribution in [3.05, 3.63) is 47.8 Å². The lowest BCUT2D eigenvalue weighted by molar-refractivity contribution is 0.288. The molecule has 0 aliphatic rings. The second-order valence-corrected chi connectivity index (χ2v) is 4.84. The number of hydrogen-bond donors (Lipinski definition) is 1. The van der Waals surface area contributed by atoms with Crippen molar-refractivity contribution in [2.45, 2.75) is 39.5 Å². The number of nitrogens with two attached hydrogens (primary N) is 1. The standard InChI is InChI=1S/C15H20FN3O/c1-3-6-19-10-18-8-13(19)9-20-15-7-12(16)4-5-14(15)11(2)17/h4-5,7-8,10-11H,3,6,9,17H2,1-2H3. The van der Waals surface area contributed by atoms with Gasteiger partial charge in [-0.3, -0.25) is 0 Å². The smallest absolute Gasteiger partial charge is 0.130 e. The molecule has 1 heterocycles. The summed E-state index contributed by atoms with van der Waals surface area (Å²) in [5.74, 6) is 0.163. The van der Waals surface area contributed by atoms with Crippen molar-refractivity contribution in [2.24, 2.45) is 5.73 Å². The van der Waals surface area contributed by atoms with Gasteiger partial charge >= 0.3 is 0 Å². The average Bonchev–Trinajstić information content (AvgIpc) is 2.84. The third kappa shape index (κ3) is 3.36. The van der Waals surface area contributed by atoms with Crippen LogP contribution in [-0.4, -0.2) is 9.55 Å². The highest BCUT2D eigenvalue weighted by molar-refractivity contribution is 5.36. The molecule has 1 unspecified atom stereocenters. The fraction of sp³-hybridized carbons (Fsp3) is 0.400. The van der Waals surface area contributed by atoms with E-state index >= 15 is 0 Å². The van der Waals surface area contributed by atoms with Gasteiger partial charge in [0.1, 0.15) is 18.2 Å². The largest absolute Gasteiger partial charge is 0.487 e. The fourth-order valence-electron chi connectivity index (χ4n) is 2.07. The minimum atomic E-state index is -0.327. The second-order valence-electron chi connectivity index (χ2n) is 4.84. The second kappa shape index (κ2) is 6.52. The van der Waals surface area contributed by atoms with Crippen molar-refractivity contribution in [3.63, 3.8) is 0 Å². The number of ether oxygens (including phenoxy) is 1. The van der Waals surface area contributed by atoms with Gasteiger partial charge in [0.2, 0.25) is 0 Å². The van der Waals surface area contributed by atoms with Gasteiger partial charge in [0.25, 0.3) is 0 Å². The first-order valence-electron chi connectivity index (χ1n) is 6.78. The molecular formula is C15H20FN3O. The molecule has 1 aromatic carbocycles. The summed E-state index contributed by atoms with van der Waals surface area (Å²) in [6.45, 7) is 5.19. The summed E-state index contributed by atoms with van der Waals surface area (Å²) < 4.78 is 21.1. The van der Waals surface area contributed by atoms with Gasteiger partial charge in [-0.05, 0) is 19.4 Å². The number of nitrogens with zero attached hydrogens (tertiary/aromatic N) is 2. The average molecular weight is 277 g/mol. The third-order valence-electron chi connectivity index (χ3n) is 3.10. The van der Waals surface area contributed by atoms with Crippen LogP contribution in [0.2, 0.25) is 0 Å². The Balaban J connectivity index is 2.14. The molecule has 0 saturated carbocycles. The minimum Gasteiger partial charge on any atom is -0.487 e. The molecule has 1 atom stereocenters. The quantitative estimate of drug-likeness (QED) is 0.883. The van der Waals surface area contributed by atoms with Crippen LogP contribution in [0.3, 0.4) is 0 Å². The summed E-state index contributed by atoms with van der Waals surface area (Å²) in [7, 11) is 0. The highest BCUT2D eigenvalue weighted by atomic mass is 19.1. The fourth-order valence-corrected chi connectivity index (χ4v) is 2.07. The molecule has 0 aliphatic carbocycles. The summed E-state index contributed by atoms with van der Waals surface area (Å²) in [6.07, 6.45) is 4.56. The summed E-state index contributed by atoms with van der Waals surface area (Å²) in [5, 5.41) is 0. The van der Waals surface area contributed by atoms with Crippen molar-refractivity contribution >= 4 is 0 Å². The van der Waals surface area contributed by atoms with Crippen LogP contribution in [0, 0.1) is 5.82 Å². The lowest BCUT2D eigenvalue weighted by Gasteiger charge is -2.14. The molecule has 108 valence electrons. The number of imidazole rings is 1. The topological polar surface area (TPSA) is 53.1 Å². The van der Waals surface area contributed by atoms with Gasteiger partial charge in [-0.2, -0.15) is 0 Å². The van der Waals surface area contributed by atoms with Gasteiger partial charge < -0.3 is 15.0 Å². The molecule has 2 aromatic rings. The zero-order valence-corrected chi connectivity index (χ0v) is 11.8. The van der Waals surface area contributed by atoms with Crippen LogP contribution in [0.15, 0.2) is 30.7 Å². The molecule has 0 radical (unpaired) electrons. The minimum absolute atomic E-state index is 0.203. The maximum Gasteiger partial charge on any atom is 0.130 e. The number of hydrogen-bond acceptors (Lipinski definition) is 3. The third-order valence-corrected chi connectivity index (χ3v) is 3.10. The normalized spacial score (nSPS) is 12.4. The Labute approximate surface area is 118 Å². The van der Waals surface area contributed by atoms with Crippen molar-refractivity contribution in [1.82, 2.24) is 9.55 Å². The Morgan fingerprint density at radius 3 is 2.95 bits per heavy atom. The van der Waals surface area contributed by atoms with Crippen LogP contribution < -0.4 is 10.5 Å². The number of benzene rings is 1. The Morgan fingerprint density at radius 1 is 1.45 bits per heavy atom. The molecule has 0 saturated heterocycles. The molecule has 20 heavy (non-hydrogen) atoms. The van der Waals surface area contributed by atoms with E-state index in [4.69, 9.17) is 10.5 Å². The molecule has 0 spiro atoms. The van der Waals surface area contributed by atoms with E-state index in [0.29, 0.717) is 12.4 Å². The molecule has 0 amide bonds. The van der Waals surface area contributed by atoms with Gasteiger partial charge in [0.05, 0.1) is 18.2 Å². The molecule has 2 N–H and O–H groups in total. The molecule has 4 nitrogen and oxygen atoms in total. The van der Waals surface area contributed by atoms with E-state index in [-0.39, 0.29) is 11.9 Å². The molecule has 0 bridgehead atoms. The zero-order valence-electron chi connectivity index (χ0n) is 11.8. The number of aromatic nitrogens is 2. The highest BCUT2D eigenvalue weighted by Crippen LogP contribution is 2.25. The summed E-state index contributed by atoms with van der Waals surface area (Å²) >= 11 is 0. The van der Waals surface area contributed by atoms with E-state index in [1.165, 1.54) is 12.1 Å². The van der Waals surface area contributed by atoms with E-state index in [1.807, 2.05) is 11.5 Å². The van der Waals surface area contributed by atoms with Gasteiger partial charge in [-0.1, -0.05) is 13.0 Å². The summed E-state index contributed by atoms with van der Waals surface area (Å²) in [6, 6.07) is 4.23. The predicted molar refractivity (Wildman–Crippen MR) is 75.9 cm³/mol. The summed E-state index contributed by atoms with van der Waals surface area (Å²) in [5.41, 5.74) is 7.63. The van der Waals surface area contributed by atoms with E-state index < -0.39 is 0 Å². The van der Waals surface area contributed by atoms with Crippen LogP contribution in [0.5, 0.6) is 5.75 Å². The number of aryl methyl sites for hydroxylation is 1. The first-order valence-corrected chi connectivity index (χ1v) is 6.78. The Kier molecular flexibility index (Phi) is 4.74. The van der Waals surface area contributed by atoms with Gasteiger partial charge in [0, 0.05) is 24.2 Å². The van der Waals surface area contributed by atoms with E-state index in [2.05, 4.69) is 11.9 Å². The predicted octanol–water partition coefficient (Wildman–Crippen LogP) is 3.03. The van der Waals surface area contributed by atoms with Crippen molar-refractivity contribution in [3.8, 4) is 5.75 Å². The first kappa shape index (κ1) is 14.5. The zero-order chi connectivity index (χ0) is 14.5. The van der Waals surface area contributed by atoms with Crippen LogP contribution in [0.4, 0.5) is 4.39 Å². The highest BCUT2D eigenvalue weighted by Gasteiger charge is 2.11.